The number of rotatable bonds is 5. The van der Waals surface area contributed by atoms with Crippen LogP contribution in [0.15, 0.2) is 36.8 Å². The first-order chi connectivity index (χ1) is 13.5. The van der Waals surface area contributed by atoms with Crippen molar-refractivity contribution in [2.24, 2.45) is 5.92 Å². The lowest BCUT2D eigenvalue weighted by Gasteiger charge is -2.07. The molecule has 0 aliphatic heterocycles. The van der Waals surface area contributed by atoms with E-state index in [9.17, 15) is 10.1 Å². The minimum absolute atomic E-state index is 0.0309. The molecule has 3 aromatic heterocycles. The monoisotopic (exact) mass is 372 g/mol. The van der Waals surface area contributed by atoms with E-state index in [2.05, 4.69) is 31.3 Å². The molecule has 1 saturated carbocycles. The fraction of sp³-hybridized carbons (Fsp3) is 0.286. The summed E-state index contributed by atoms with van der Waals surface area (Å²) in [5, 5.41) is 12.2. The Morgan fingerprint density at radius 1 is 1.32 bits per heavy atom. The van der Waals surface area contributed by atoms with E-state index in [-0.39, 0.29) is 11.9 Å². The second kappa shape index (κ2) is 7.24. The maximum Gasteiger partial charge on any atom is 0.255 e. The number of amides is 1. The van der Waals surface area contributed by atoms with Crippen molar-refractivity contribution >= 4 is 22.6 Å². The summed E-state index contributed by atoms with van der Waals surface area (Å²) in [6.45, 7) is 3.81. The number of carbonyl (C=O) groups excluding carboxylic acids is 1. The van der Waals surface area contributed by atoms with E-state index in [1.54, 1.807) is 18.6 Å². The molecule has 0 atom stereocenters. The molecule has 3 heterocycles. The average molecular weight is 372 g/mol. The van der Waals surface area contributed by atoms with Crippen LogP contribution in [0.3, 0.4) is 0 Å². The lowest BCUT2D eigenvalue weighted by atomic mass is 10.1. The van der Waals surface area contributed by atoms with E-state index in [0.29, 0.717) is 39.6 Å². The third-order valence-corrected chi connectivity index (χ3v) is 4.53. The Bertz CT molecular complexity index is 1100. The Balaban J connectivity index is 1.65. The maximum atomic E-state index is 12.4. The molecule has 1 fully saturated rings. The van der Waals surface area contributed by atoms with Crippen LogP contribution < -0.4 is 5.32 Å². The van der Waals surface area contributed by atoms with E-state index >= 15 is 0 Å². The van der Waals surface area contributed by atoms with Gasteiger partial charge in [0.15, 0.2) is 5.65 Å². The molecule has 7 heteroatoms. The minimum atomic E-state index is -0.190. The molecule has 1 aliphatic carbocycles. The van der Waals surface area contributed by atoms with Crippen molar-refractivity contribution in [2.45, 2.75) is 32.7 Å². The second-order valence-corrected chi connectivity index (χ2v) is 7.24. The summed E-state index contributed by atoms with van der Waals surface area (Å²) in [4.78, 5) is 28.8. The highest BCUT2D eigenvalue weighted by molar-refractivity contribution is 6.04. The Morgan fingerprint density at radius 3 is 2.79 bits per heavy atom. The van der Waals surface area contributed by atoms with Gasteiger partial charge in [-0.3, -0.25) is 9.78 Å². The van der Waals surface area contributed by atoms with Crippen molar-refractivity contribution in [1.29, 1.82) is 5.26 Å². The standard InChI is InChI=1S/C21H20N6O/c1-12(2)26-21(28)16-10-24-20-19(16)27-18(11-25-20)14-5-6-17(23-9-14)15(8-22)7-13-3-4-13/h5-7,9-13H,3-4H2,1-2H3,(H,24,25)(H,26,28). The molecule has 7 nitrogen and oxygen atoms in total. The molecular weight excluding hydrogens is 352 g/mol. The highest BCUT2D eigenvalue weighted by atomic mass is 16.1. The van der Waals surface area contributed by atoms with Crippen molar-refractivity contribution in [3.63, 3.8) is 0 Å². The quantitative estimate of drug-likeness (QED) is 0.667. The molecule has 3 aromatic rings. The summed E-state index contributed by atoms with van der Waals surface area (Å²) in [6.07, 6.45) is 9.22. The van der Waals surface area contributed by atoms with Gasteiger partial charge in [-0.1, -0.05) is 6.08 Å². The molecule has 1 aliphatic rings. The molecule has 140 valence electrons. The number of aromatic amines is 1. The van der Waals surface area contributed by atoms with E-state index in [4.69, 9.17) is 0 Å². The summed E-state index contributed by atoms with van der Waals surface area (Å²) in [6, 6.07) is 5.95. The first-order valence-electron chi connectivity index (χ1n) is 9.29. The molecule has 2 N–H and O–H groups in total. The first-order valence-corrected chi connectivity index (χ1v) is 9.29. The average Bonchev–Trinajstić information content (AvgIpc) is 3.41. The number of nitrogens with one attached hydrogen (secondary N) is 2. The van der Waals surface area contributed by atoms with Crippen LogP contribution in [0, 0.1) is 17.2 Å². The molecule has 1 amide bonds. The topological polar surface area (TPSA) is 107 Å². The van der Waals surface area contributed by atoms with Gasteiger partial charge in [0.2, 0.25) is 0 Å². The van der Waals surface area contributed by atoms with Crippen LogP contribution in [0.2, 0.25) is 0 Å². The van der Waals surface area contributed by atoms with Gasteiger partial charge in [0.1, 0.15) is 11.6 Å². The third kappa shape index (κ3) is 3.62. The molecule has 0 spiro atoms. The van der Waals surface area contributed by atoms with Gasteiger partial charge in [0, 0.05) is 24.0 Å². The van der Waals surface area contributed by atoms with E-state index in [0.717, 1.165) is 18.4 Å². The van der Waals surface area contributed by atoms with Crippen LogP contribution in [-0.2, 0) is 0 Å². The number of carbonyl (C=O) groups is 1. The van der Waals surface area contributed by atoms with Crippen LogP contribution in [0.5, 0.6) is 0 Å². The fourth-order valence-corrected chi connectivity index (χ4v) is 2.93. The number of fused-ring (bicyclic) bond motifs is 1. The van der Waals surface area contributed by atoms with Crippen LogP contribution >= 0.6 is 0 Å². The number of pyridine rings is 1. The zero-order valence-corrected chi connectivity index (χ0v) is 15.7. The Labute approximate surface area is 162 Å². The van der Waals surface area contributed by atoms with Crippen molar-refractivity contribution in [2.75, 3.05) is 0 Å². The van der Waals surface area contributed by atoms with Gasteiger partial charge in [0.05, 0.1) is 28.7 Å². The van der Waals surface area contributed by atoms with Crippen molar-refractivity contribution < 1.29 is 4.79 Å². The van der Waals surface area contributed by atoms with Gasteiger partial charge >= 0.3 is 0 Å². The SMILES string of the molecule is CC(C)NC(=O)c1c[nH]c2ncc(-c3ccc(C(C#N)=CC4CC4)nc3)nc12. The number of nitrogens with zero attached hydrogens (tertiary/aromatic N) is 4. The number of hydrogen-bond donors (Lipinski definition) is 2. The number of allylic oxidation sites excluding steroid dienone is 2. The normalized spacial score (nSPS) is 14.3. The van der Waals surface area contributed by atoms with E-state index in [1.807, 2.05) is 32.1 Å². The van der Waals surface area contributed by atoms with Crippen LogP contribution in [0.4, 0.5) is 0 Å². The van der Waals surface area contributed by atoms with Gasteiger partial charge in [-0.25, -0.2) is 9.97 Å². The van der Waals surface area contributed by atoms with Crippen molar-refractivity contribution in [3.8, 4) is 17.3 Å². The summed E-state index contributed by atoms with van der Waals surface area (Å²) >= 11 is 0. The second-order valence-electron chi connectivity index (χ2n) is 7.24. The van der Waals surface area contributed by atoms with Crippen LogP contribution in [0.25, 0.3) is 28.0 Å². The van der Waals surface area contributed by atoms with Gasteiger partial charge in [-0.15, -0.1) is 0 Å². The highest BCUT2D eigenvalue weighted by Gasteiger charge is 2.20. The Hall–Kier alpha value is -3.53. The minimum Gasteiger partial charge on any atom is -0.350 e. The summed E-state index contributed by atoms with van der Waals surface area (Å²) in [5.41, 5.74) is 4.20. The lowest BCUT2D eigenvalue weighted by molar-refractivity contribution is 0.0944. The molecule has 4 rings (SSSR count). The predicted octanol–water partition coefficient (Wildman–Crippen LogP) is 3.48. The number of aromatic nitrogens is 4. The molecule has 0 radical (unpaired) electrons. The van der Waals surface area contributed by atoms with E-state index < -0.39 is 0 Å². The van der Waals surface area contributed by atoms with Gasteiger partial charge in [0.25, 0.3) is 5.91 Å². The van der Waals surface area contributed by atoms with Crippen LogP contribution in [-0.4, -0.2) is 31.9 Å². The van der Waals surface area contributed by atoms with Gasteiger partial charge in [-0.05, 0) is 44.7 Å². The third-order valence-electron chi connectivity index (χ3n) is 4.53. The summed E-state index contributed by atoms with van der Waals surface area (Å²) in [7, 11) is 0. The van der Waals surface area contributed by atoms with Crippen molar-refractivity contribution in [1.82, 2.24) is 25.3 Å². The Morgan fingerprint density at radius 2 is 2.14 bits per heavy atom. The van der Waals surface area contributed by atoms with Gasteiger partial charge in [-0.2, -0.15) is 5.26 Å². The zero-order valence-electron chi connectivity index (χ0n) is 15.7. The largest absolute Gasteiger partial charge is 0.350 e. The molecule has 28 heavy (non-hydrogen) atoms. The molecule has 0 bridgehead atoms. The molecule has 0 saturated heterocycles. The van der Waals surface area contributed by atoms with Crippen LogP contribution in [0.1, 0.15) is 42.7 Å². The first kappa shape index (κ1) is 17.9. The number of hydrogen-bond acceptors (Lipinski definition) is 5. The number of nitriles is 1. The molecular formula is C21H20N6O. The highest BCUT2D eigenvalue weighted by Crippen LogP contribution is 2.33. The lowest BCUT2D eigenvalue weighted by Crippen LogP contribution is -2.29. The summed E-state index contributed by atoms with van der Waals surface area (Å²) in [5.74, 6) is 0.318. The van der Waals surface area contributed by atoms with Gasteiger partial charge < -0.3 is 10.3 Å². The molecule has 0 unspecified atom stereocenters. The fourth-order valence-electron chi connectivity index (χ4n) is 2.93. The van der Waals surface area contributed by atoms with Crippen molar-refractivity contribution in [3.05, 3.63) is 48.1 Å². The smallest absolute Gasteiger partial charge is 0.255 e. The predicted molar refractivity (Wildman–Crippen MR) is 106 cm³/mol. The zero-order chi connectivity index (χ0) is 19.7. The molecule has 0 aromatic carbocycles. The number of H-pyrrole nitrogens is 1. The van der Waals surface area contributed by atoms with E-state index in [1.165, 1.54) is 0 Å². The summed E-state index contributed by atoms with van der Waals surface area (Å²) < 4.78 is 0. The Kier molecular flexibility index (Phi) is 4.62. The maximum absolute atomic E-state index is 12.4.